The van der Waals surface area contributed by atoms with Gasteiger partial charge in [0, 0.05) is 0 Å². The van der Waals surface area contributed by atoms with E-state index in [1.54, 1.807) is 0 Å². The van der Waals surface area contributed by atoms with Gasteiger partial charge in [0.1, 0.15) is 0 Å². The fourth-order valence-corrected chi connectivity index (χ4v) is 14.8. The second kappa shape index (κ2) is 6.27. The zero-order valence-corrected chi connectivity index (χ0v) is 14.9. The quantitative estimate of drug-likeness (QED) is 0.683. The van der Waals surface area contributed by atoms with Crippen LogP contribution >= 0.6 is 17.2 Å². The van der Waals surface area contributed by atoms with Crippen molar-refractivity contribution in [1.29, 1.82) is 0 Å². The molecule has 2 N–H and O–H groups in total. The first-order valence-corrected chi connectivity index (χ1v) is 12.6. The molecule has 1 aliphatic heterocycles. The molecule has 21 heavy (non-hydrogen) atoms. The summed E-state index contributed by atoms with van der Waals surface area (Å²) in [5.74, 6) is -3.83. The van der Waals surface area contributed by atoms with Gasteiger partial charge in [-0.1, -0.05) is 0 Å². The van der Waals surface area contributed by atoms with Gasteiger partial charge in [-0.05, 0) is 0 Å². The predicted molar refractivity (Wildman–Crippen MR) is 92.4 cm³/mol. The molecule has 0 spiro atoms. The van der Waals surface area contributed by atoms with Crippen molar-refractivity contribution in [3.05, 3.63) is 0 Å². The van der Waals surface area contributed by atoms with E-state index in [2.05, 4.69) is 0 Å². The third-order valence-electron chi connectivity index (χ3n) is 6.87. The molecule has 3 rings (SSSR count). The van der Waals surface area contributed by atoms with Gasteiger partial charge in [-0.3, -0.25) is 0 Å². The van der Waals surface area contributed by atoms with E-state index in [0.29, 0.717) is 11.3 Å². The van der Waals surface area contributed by atoms with E-state index >= 15 is 0 Å². The molecule has 0 bridgehead atoms. The summed E-state index contributed by atoms with van der Waals surface area (Å²) in [6, 6.07) is 0. The number of halogens is 1. The maximum atomic E-state index is 11.1. The first-order valence-electron chi connectivity index (χ1n) is 9.17. The van der Waals surface area contributed by atoms with Crippen LogP contribution in [0.3, 0.4) is 0 Å². The van der Waals surface area contributed by atoms with Crippen LogP contribution in [-0.2, 0) is 0 Å². The molecule has 3 fully saturated rings. The summed E-state index contributed by atoms with van der Waals surface area (Å²) in [5.41, 5.74) is 0.833. The molecular formula is C17H32ClO2P. The Kier molecular flexibility index (Phi) is 4.92. The average Bonchev–Trinajstić information content (AvgIpc) is 2.54. The predicted octanol–water partition coefficient (Wildman–Crippen LogP) is 5.18. The molecular weight excluding hydrogens is 303 g/mol. The molecule has 1 saturated heterocycles. The second-order valence-electron chi connectivity index (χ2n) is 7.76. The number of aliphatic hydroxyl groups excluding tert-OH is 2. The Morgan fingerprint density at radius 2 is 0.952 bits per heavy atom. The zero-order chi connectivity index (χ0) is 14.9. The summed E-state index contributed by atoms with van der Waals surface area (Å²) in [7, 11) is 0. The second-order valence-corrected chi connectivity index (χ2v) is 15.3. The number of hydrogen-bond donors (Lipinski definition) is 2. The topological polar surface area (TPSA) is 40.5 Å². The molecule has 2 saturated carbocycles. The minimum atomic E-state index is -3.01. The van der Waals surface area contributed by atoms with Gasteiger partial charge in [0.25, 0.3) is 0 Å². The van der Waals surface area contributed by atoms with E-state index in [0.717, 1.165) is 44.9 Å². The van der Waals surface area contributed by atoms with Crippen molar-refractivity contribution in [1.82, 2.24) is 0 Å². The van der Waals surface area contributed by atoms with Gasteiger partial charge in [0.15, 0.2) is 0 Å². The monoisotopic (exact) mass is 334 g/mol. The minimum absolute atomic E-state index is 0.410. The summed E-state index contributed by atoms with van der Waals surface area (Å²) in [6.07, 6.45) is 14.7. The summed E-state index contributed by atoms with van der Waals surface area (Å²) >= 11 is 7.62. The third-order valence-corrected chi connectivity index (χ3v) is 17.0. The molecule has 0 amide bonds. The SMILES string of the molecule is OC1CCCC(O)P1(Cl)(C1CCCCC1)C1CCCCC1. The summed E-state index contributed by atoms with van der Waals surface area (Å²) in [6.45, 7) is 0. The fraction of sp³-hybridized carbons (Fsp3) is 1.00. The molecule has 2 atom stereocenters. The molecule has 3 aliphatic rings. The van der Waals surface area contributed by atoms with E-state index < -0.39 is 17.6 Å². The molecule has 1 heterocycles. The molecule has 2 unspecified atom stereocenters. The van der Waals surface area contributed by atoms with Gasteiger partial charge in [-0.2, -0.15) is 0 Å². The van der Waals surface area contributed by atoms with Crippen LogP contribution in [0.15, 0.2) is 0 Å². The maximum absolute atomic E-state index is 11.1. The van der Waals surface area contributed by atoms with Crippen LogP contribution in [0.4, 0.5) is 0 Å². The van der Waals surface area contributed by atoms with Gasteiger partial charge in [0.2, 0.25) is 0 Å². The Morgan fingerprint density at radius 3 is 1.33 bits per heavy atom. The van der Waals surface area contributed by atoms with Crippen molar-refractivity contribution in [3.63, 3.8) is 0 Å². The van der Waals surface area contributed by atoms with E-state index in [1.165, 1.54) is 38.5 Å². The van der Waals surface area contributed by atoms with Gasteiger partial charge in [-0.25, -0.2) is 0 Å². The van der Waals surface area contributed by atoms with E-state index in [1.807, 2.05) is 0 Å². The molecule has 0 aromatic heterocycles. The van der Waals surface area contributed by atoms with Crippen LogP contribution in [0.2, 0.25) is 0 Å². The molecule has 124 valence electrons. The fourth-order valence-electron chi connectivity index (χ4n) is 5.75. The number of hydrogen-bond acceptors (Lipinski definition) is 2. The van der Waals surface area contributed by atoms with Crippen molar-refractivity contribution < 1.29 is 10.2 Å². The molecule has 0 radical (unpaired) electrons. The number of aliphatic hydroxyl groups is 2. The van der Waals surface area contributed by atoms with E-state index in [4.69, 9.17) is 11.2 Å². The van der Waals surface area contributed by atoms with Crippen molar-refractivity contribution in [2.45, 2.75) is 106 Å². The normalized spacial score (nSPS) is 40.2. The third kappa shape index (κ3) is 2.40. The molecule has 4 heteroatoms. The molecule has 2 aliphatic carbocycles. The van der Waals surface area contributed by atoms with E-state index in [-0.39, 0.29) is 0 Å². The Balaban J connectivity index is 2.02. The average molecular weight is 335 g/mol. The van der Waals surface area contributed by atoms with Crippen LogP contribution in [0, 0.1) is 0 Å². The van der Waals surface area contributed by atoms with Crippen LogP contribution in [0.25, 0.3) is 0 Å². The van der Waals surface area contributed by atoms with E-state index in [9.17, 15) is 10.2 Å². The van der Waals surface area contributed by atoms with Crippen LogP contribution in [-0.4, -0.2) is 33.2 Å². The zero-order valence-electron chi connectivity index (χ0n) is 13.2. The van der Waals surface area contributed by atoms with Crippen molar-refractivity contribution in [2.75, 3.05) is 0 Å². The standard InChI is InChI=1S/C17H32ClO2P/c18-21(14-8-3-1-4-9-14,15-10-5-2-6-11-15)16(19)12-7-13-17(21)20/h14-17,19-20H,1-13H2. The van der Waals surface area contributed by atoms with Crippen molar-refractivity contribution in [3.8, 4) is 0 Å². The molecule has 0 aromatic rings. The van der Waals surface area contributed by atoms with Gasteiger partial charge < -0.3 is 0 Å². The molecule has 0 aromatic carbocycles. The van der Waals surface area contributed by atoms with Crippen molar-refractivity contribution >= 4 is 17.2 Å². The first-order chi connectivity index (χ1) is 10.1. The summed E-state index contributed by atoms with van der Waals surface area (Å²) in [4.78, 5) is 0. The Bertz CT molecular complexity index is 332. The van der Waals surface area contributed by atoms with Gasteiger partial charge in [0.05, 0.1) is 0 Å². The van der Waals surface area contributed by atoms with Gasteiger partial charge in [-0.15, -0.1) is 0 Å². The van der Waals surface area contributed by atoms with Crippen LogP contribution < -0.4 is 0 Å². The summed E-state index contributed by atoms with van der Waals surface area (Å²) < 4.78 is 0. The van der Waals surface area contributed by atoms with Crippen LogP contribution in [0.5, 0.6) is 0 Å². The van der Waals surface area contributed by atoms with Crippen LogP contribution in [0.1, 0.15) is 83.5 Å². The van der Waals surface area contributed by atoms with Gasteiger partial charge >= 0.3 is 134 Å². The summed E-state index contributed by atoms with van der Waals surface area (Å²) in [5, 5.41) is 22.2. The molecule has 2 nitrogen and oxygen atoms in total. The number of rotatable bonds is 2. The first kappa shape index (κ1) is 16.5. The Morgan fingerprint density at radius 1 is 0.571 bits per heavy atom. The Labute approximate surface area is 134 Å². The Hall–Kier alpha value is 0.640. The van der Waals surface area contributed by atoms with Crippen molar-refractivity contribution in [2.24, 2.45) is 0 Å².